The van der Waals surface area contributed by atoms with Crippen LogP contribution in [0.4, 0.5) is 0 Å². The fraction of sp³-hybridized carbons (Fsp3) is 0.667. The highest BCUT2D eigenvalue weighted by Crippen LogP contribution is 2.06. The Balaban J connectivity index is 2.23. The Kier molecular flexibility index (Phi) is 5.43. The van der Waals surface area contributed by atoms with Crippen molar-refractivity contribution in [2.24, 2.45) is 0 Å². The van der Waals surface area contributed by atoms with Gasteiger partial charge < -0.3 is 9.73 Å². The van der Waals surface area contributed by atoms with Gasteiger partial charge in [-0.1, -0.05) is 6.92 Å². The van der Waals surface area contributed by atoms with E-state index in [1.807, 2.05) is 12.1 Å². The Labute approximate surface area is 92.5 Å². The first kappa shape index (κ1) is 12.3. The molecule has 3 heteroatoms. The van der Waals surface area contributed by atoms with E-state index < -0.39 is 0 Å². The average molecular weight is 210 g/mol. The van der Waals surface area contributed by atoms with Gasteiger partial charge >= 0.3 is 0 Å². The first-order chi connectivity index (χ1) is 7.24. The molecule has 0 radical (unpaired) electrons. The van der Waals surface area contributed by atoms with Crippen LogP contribution < -0.4 is 5.32 Å². The number of nitrogens with one attached hydrogen (secondary N) is 1. The number of hydrogen-bond acceptors (Lipinski definition) is 3. The zero-order valence-electron chi connectivity index (χ0n) is 9.99. The van der Waals surface area contributed by atoms with Gasteiger partial charge in [-0.05, 0) is 39.1 Å². The standard InChI is InChI=1S/C12H22N2O/c1-4-7-13-9-11(2)14(3)10-12-6-5-8-15-12/h5-6,8,11,13H,4,7,9-10H2,1-3H3. The molecule has 0 aliphatic rings. The summed E-state index contributed by atoms with van der Waals surface area (Å²) in [6.45, 7) is 7.42. The first-order valence-corrected chi connectivity index (χ1v) is 5.67. The highest BCUT2D eigenvalue weighted by molar-refractivity contribution is 4.97. The van der Waals surface area contributed by atoms with Gasteiger partial charge in [-0.2, -0.15) is 0 Å². The molecule has 1 atom stereocenters. The summed E-state index contributed by atoms with van der Waals surface area (Å²) in [5.41, 5.74) is 0. The van der Waals surface area contributed by atoms with Gasteiger partial charge in [0.25, 0.3) is 0 Å². The summed E-state index contributed by atoms with van der Waals surface area (Å²) in [6, 6.07) is 4.48. The normalized spacial score (nSPS) is 13.3. The molecular formula is C12H22N2O. The summed E-state index contributed by atoms with van der Waals surface area (Å²) in [4.78, 5) is 2.29. The van der Waals surface area contributed by atoms with Crippen molar-refractivity contribution in [3.63, 3.8) is 0 Å². The molecule has 1 heterocycles. The molecule has 1 unspecified atom stereocenters. The van der Waals surface area contributed by atoms with Crippen LogP contribution in [-0.4, -0.2) is 31.1 Å². The van der Waals surface area contributed by atoms with Gasteiger partial charge in [0.05, 0.1) is 12.8 Å². The molecule has 15 heavy (non-hydrogen) atoms. The first-order valence-electron chi connectivity index (χ1n) is 5.67. The van der Waals surface area contributed by atoms with Crippen LogP contribution in [0.15, 0.2) is 22.8 Å². The van der Waals surface area contributed by atoms with Crippen LogP contribution >= 0.6 is 0 Å². The van der Waals surface area contributed by atoms with Crippen LogP contribution in [0.1, 0.15) is 26.0 Å². The largest absolute Gasteiger partial charge is 0.468 e. The van der Waals surface area contributed by atoms with Crippen molar-refractivity contribution < 1.29 is 4.42 Å². The van der Waals surface area contributed by atoms with Crippen molar-refractivity contribution in [1.29, 1.82) is 0 Å². The topological polar surface area (TPSA) is 28.4 Å². The van der Waals surface area contributed by atoms with Gasteiger partial charge in [0, 0.05) is 12.6 Å². The van der Waals surface area contributed by atoms with Crippen molar-refractivity contribution in [2.75, 3.05) is 20.1 Å². The summed E-state index contributed by atoms with van der Waals surface area (Å²) in [6.07, 6.45) is 2.91. The van der Waals surface area contributed by atoms with Crippen LogP contribution in [0.3, 0.4) is 0 Å². The summed E-state index contributed by atoms with van der Waals surface area (Å²) >= 11 is 0. The molecule has 0 aliphatic heterocycles. The molecular weight excluding hydrogens is 188 g/mol. The molecule has 0 spiro atoms. The lowest BCUT2D eigenvalue weighted by Gasteiger charge is -2.23. The summed E-state index contributed by atoms with van der Waals surface area (Å²) in [5.74, 6) is 1.03. The van der Waals surface area contributed by atoms with Gasteiger partial charge in [0.15, 0.2) is 0 Å². The van der Waals surface area contributed by atoms with Crippen molar-refractivity contribution in [1.82, 2.24) is 10.2 Å². The third-order valence-corrected chi connectivity index (χ3v) is 2.60. The third-order valence-electron chi connectivity index (χ3n) is 2.60. The number of rotatable bonds is 7. The highest BCUT2D eigenvalue weighted by atomic mass is 16.3. The van der Waals surface area contributed by atoms with Crippen LogP contribution in [0, 0.1) is 0 Å². The molecule has 0 saturated heterocycles. The maximum atomic E-state index is 5.32. The molecule has 86 valence electrons. The van der Waals surface area contributed by atoms with Crippen molar-refractivity contribution in [2.45, 2.75) is 32.9 Å². The lowest BCUT2D eigenvalue weighted by Crippen LogP contribution is -2.37. The van der Waals surface area contributed by atoms with E-state index in [1.54, 1.807) is 6.26 Å². The van der Waals surface area contributed by atoms with Gasteiger partial charge in [-0.3, -0.25) is 4.90 Å². The predicted molar refractivity (Wildman–Crippen MR) is 62.8 cm³/mol. The van der Waals surface area contributed by atoms with E-state index >= 15 is 0 Å². The average Bonchev–Trinajstić information content (AvgIpc) is 2.70. The zero-order valence-corrected chi connectivity index (χ0v) is 9.99. The summed E-state index contributed by atoms with van der Waals surface area (Å²) in [5, 5.41) is 3.42. The third kappa shape index (κ3) is 4.49. The second-order valence-electron chi connectivity index (χ2n) is 4.05. The number of nitrogens with zero attached hydrogens (tertiary/aromatic N) is 1. The van der Waals surface area contributed by atoms with Crippen molar-refractivity contribution >= 4 is 0 Å². The second kappa shape index (κ2) is 6.64. The van der Waals surface area contributed by atoms with E-state index in [-0.39, 0.29) is 0 Å². The quantitative estimate of drug-likeness (QED) is 0.699. The predicted octanol–water partition coefficient (Wildman–Crippen LogP) is 2.10. The maximum Gasteiger partial charge on any atom is 0.117 e. The van der Waals surface area contributed by atoms with E-state index in [9.17, 15) is 0 Å². The minimum Gasteiger partial charge on any atom is -0.468 e. The Hall–Kier alpha value is -0.800. The molecule has 0 bridgehead atoms. The van der Waals surface area contributed by atoms with E-state index in [0.29, 0.717) is 6.04 Å². The molecule has 0 aliphatic carbocycles. The molecule has 1 rings (SSSR count). The van der Waals surface area contributed by atoms with E-state index in [4.69, 9.17) is 4.42 Å². The monoisotopic (exact) mass is 210 g/mol. The minimum atomic E-state index is 0.529. The van der Waals surface area contributed by atoms with E-state index in [2.05, 4.69) is 31.1 Å². The smallest absolute Gasteiger partial charge is 0.117 e. The second-order valence-corrected chi connectivity index (χ2v) is 4.05. The molecule has 3 nitrogen and oxygen atoms in total. The summed E-state index contributed by atoms with van der Waals surface area (Å²) < 4.78 is 5.32. The molecule has 1 N–H and O–H groups in total. The molecule has 1 aromatic rings. The van der Waals surface area contributed by atoms with Crippen molar-refractivity contribution in [3.05, 3.63) is 24.2 Å². The SMILES string of the molecule is CCCNCC(C)N(C)Cc1ccco1. The lowest BCUT2D eigenvalue weighted by molar-refractivity contribution is 0.225. The fourth-order valence-electron chi connectivity index (χ4n) is 1.45. The maximum absolute atomic E-state index is 5.32. The zero-order chi connectivity index (χ0) is 11.1. The van der Waals surface area contributed by atoms with Gasteiger partial charge in [-0.25, -0.2) is 0 Å². The van der Waals surface area contributed by atoms with Gasteiger partial charge in [0.1, 0.15) is 5.76 Å². The molecule has 1 aromatic heterocycles. The van der Waals surface area contributed by atoms with Gasteiger partial charge in [0.2, 0.25) is 0 Å². The number of likely N-dealkylation sites (N-methyl/N-ethyl adjacent to an activating group) is 1. The Morgan fingerprint density at radius 1 is 1.53 bits per heavy atom. The van der Waals surface area contributed by atoms with Crippen LogP contribution in [0.2, 0.25) is 0 Å². The molecule has 0 aromatic carbocycles. The molecule has 0 fully saturated rings. The lowest BCUT2D eigenvalue weighted by atomic mass is 10.2. The van der Waals surface area contributed by atoms with Crippen LogP contribution in [-0.2, 0) is 6.54 Å². The van der Waals surface area contributed by atoms with Gasteiger partial charge in [-0.15, -0.1) is 0 Å². The summed E-state index contributed by atoms with van der Waals surface area (Å²) in [7, 11) is 2.13. The number of furan rings is 1. The van der Waals surface area contributed by atoms with Crippen molar-refractivity contribution in [3.8, 4) is 0 Å². The molecule has 0 saturated carbocycles. The number of hydrogen-bond donors (Lipinski definition) is 1. The van der Waals surface area contributed by atoms with E-state index in [1.165, 1.54) is 6.42 Å². The van der Waals surface area contributed by atoms with Crippen LogP contribution in [0.25, 0.3) is 0 Å². The van der Waals surface area contributed by atoms with Crippen LogP contribution in [0.5, 0.6) is 0 Å². The highest BCUT2D eigenvalue weighted by Gasteiger charge is 2.09. The Morgan fingerprint density at radius 3 is 2.93 bits per heavy atom. The Bertz CT molecular complexity index is 246. The Morgan fingerprint density at radius 2 is 2.33 bits per heavy atom. The minimum absolute atomic E-state index is 0.529. The van der Waals surface area contributed by atoms with E-state index in [0.717, 1.165) is 25.4 Å². The fourth-order valence-corrected chi connectivity index (χ4v) is 1.45. The molecule has 0 amide bonds.